The van der Waals surface area contributed by atoms with Crippen LogP contribution in [-0.2, 0) is 0 Å². The van der Waals surface area contributed by atoms with Crippen molar-refractivity contribution in [2.75, 3.05) is 36.5 Å². The molecule has 6 nitrogen and oxygen atoms in total. The Morgan fingerprint density at radius 3 is 2.95 bits per heavy atom. The molecular weight excluding hydrogens is 258 g/mol. The Kier molecular flexibility index (Phi) is 4.79. The summed E-state index contributed by atoms with van der Waals surface area (Å²) in [6.45, 7) is 4.30. The predicted octanol–water partition coefficient (Wildman–Crippen LogP) is 2.24. The minimum absolute atomic E-state index is 0.137. The van der Waals surface area contributed by atoms with E-state index in [1.807, 2.05) is 17.9 Å². The van der Waals surface area contributed by atoms with Crippen molar-refractivity contribution in [3.05, 3.63) is 28.3 Å². The van der Waals surface area contributed by atoms with Gasteiger partial charge in [0.15, 0.2) is 0 Å². The lowest BCUT2D eigenvalue weighted by Gasteiger charge is -2.19. The minimum atomic E-state index is -0.320. The van der Waals surface area contributed by atoms with Crippen molar-refractivity contribution in [3.8, 4) is 0 Å². The maximum atomic E-state index is 11.4. The Morgan fingerprint density at radius 1 is 1.55 bits per heavy atom. The monoisotopic (exact) mass is 279 g/mol. The van der Waals surface area contributed by atoms with E-state index in [-0.39, 0.29) is 23.1 Å². The van der Waals surface area contributed by atoms with Gasteiger partial charge in [0.1, 0.15) is 11.4 Å². The SMILES string of the molecule is CCCNc1cccc(N2CCC(CO)C2)c1[N+](=O)[O-]. The third-order valence-corrected chi connectivity index (χ3v) is 3.65. The number of hydrogen-bond acceptors (Lipinski definition) is 5. The van der Waals surface area contributed by atoms with Crippen molar-refractivity contribution < 1.29 is 10.0 Å². The Labute approximate surface area is 118 Å². The smallest absolute Gasteiger partial charge is 0.315 e. The van der Waals surface area contributed by atoms with Gasteiger partial charge in [-0.2, -0.15) is 0 Å². The first-order valence-corrected chi connectivity index (χ1v) is 7.04. The van der Waals surface area contributed by atoms with Gasteiger partial charge in [0.2, 0.25) is 0 Å². The zero-order valence-corrected chi connectivity index (χ0v) is 11.7. The number of aliphatic hydroxyl groups is 1. The second-order valence-electron chi connectivity index (χ2n) is 5.14. The van der Waals surface area contributed by atoms with Crippen molar-refractivity contribution in [2.45, 2.75) is 19.8 Å². The molecule has 6 heteroatoms. The maximum absolute atomic E-state index is 11.4. The highest BCUT2D eigenvalue weighted by Crippen LogP contribution is 2.37. The van der Waals surface area contributed by atoms with Gasteiger partial charge in [-0.25, -0.2) is 0 Å². The molecule has 0 spiro atoms. The van der Waals surface area contributed by atoms with Crippen LogP contribution in [0.5, 0.6) is 0 Å². The summed E-state index contributed by atoms with van der Waals surface area (Å²) in [6, 6.07) is 5.37. The first-order chi connectivity index (χ1) is 9.67. The molecule has 2 N–H and O–H groups in total. The minimum Gasteiger partial charge on any atom is -0.396 e. The van der Waals surface area contributed by atoms with E-state index in [2.05, 4.69) is 5.32 Å². The number of nitro benzene ring substituents is 1. The molecule has 20 heavy (non-hydrogen) atoms. The molecule has 0 aliphatic carbocycles. The number of nitrogens with one attached hydrogen (secondary N) is 1. The van der Waals surface area contributed by atoms with Crippen LogP contribution in [0.1, 0.15) is 19.8 Å². The second kappa shape index (κ2) is 6.56. The predicted molar refractivity (Wildman–Crippen MR) is 79.3 cm³/mol. The lowest BCUT2D eigenvalue weighted by atomic mass is 10.1. The summed E-state index contributed by atoms with van der Waals surface area (Å²) in [7, 11) is 0. The molecule has 1 fully saturated rings. The zero-order chi connectivity index (χ0) is 14.5. The molecule has 1 heterocycles. The molecule has 2 rings (SSSR count). The van der Waals surface area contributed by atoms with Crippen molar-refractivity contribution in [1.29, 1.82) is 0 Å². The van der Waals surface area contributed by atoms with Crippen LogP contribution in [0.15, 0.2) is 18.2 Å². The third kappa shape index (κ3) is 3.01. The van der Waals surface area contributed by atoms with E-state index in [1.54, 1.807) is 12.1 Å². The average Bonchev–Trinajstić information content (AvgIpc) is 2.93. The number of aliphatic hydroxyl groups excluding tert-OH is 1. The van der Waals surface area contributed by atoms with E-state index in [1.165, 1.54) is 0 Å². The van der Waals surface area contributed by atoms with Crippen LogP contribution in [0, 0.1) is 16.0 Å². The molecule has 1 atom stereocenters. The first-order valence-electron chi connectivity index (χ1n) is 7.04. The maximum Gasteiger partial charge on any atom is 0.315 e. The van der Waals surface area contributed by atoms with Crippen LogP contribution in [0.3, 0.4) is 0 Å². The molecule has 0 amide bonds. The van der Waals surface area contributed by atoms with E-state index in [9.17, 15) is 15.2 Å². The largest absolute Gasteiger partial charge is 0.396 e. The Bertz CT molecular complexity index is 479. The van der Waals surface area contributed by atoms with E-state index in [0.717, 1.165) is 19.4 Å². The molecule has 1 saturated heterocycles. The molecule has 1 unspecified atom stereocenters. The Morgan fingerprint density at radius 2 is 2.35 bits per heavy atom. The summed E-state index contributed by atoms with van der Waals surface area (Å²) in [6.07, 6.45) is 1.79. The number of hydrogen-bond donors (Lipinski definition) is 2. The molecule has 1 aliphatic heterocycles. The molecule has 110 valence electrons. The third-order valence-electron chi connectivity index (χ3n) is 3.65. The molecule has 0 aromatic heterocycles. The summed E-state index contributed by atoms with van der Waals surface area (Å²) < 4.78 is 0. The molecule has 1 aliphatic rings. The molecule has 0 bridgehead atoms. The highest BCUT2D eigenvalue weighted by Gasteiger charge is 2.29. The number of rotatable bonds is 6. The molecule has 0 radical (unpaired) electrons. The van der Waals surface area contributed by atoms with Gasteiger partial charge < -0.3 is 15.3 Å². The van der Waals surface area contributed by atoms with Crippen molar-refractivity contribution in [3.63, 3.8) is 0 Å². The van der Waals surface area contributed by atoms with Gasteiger partial charge in [0.25, 0.3) is 0 Å². The molecular formula is C14H21N3O3. The first kappa shape index (κ1) is 14.6. The molecule has 1 aromatic carbocycles. The van der Waals surface area contributed by atoms with Crippen molar-refractivity contribution >= 4 is 17.1 Å². The number of nitro groups is 1. The van der Waals surface area contributed by atoms with Crippen molar-refractivity contribution in [2.24, 2.45) is 5.92 Å². The average molecular weight is 279 g/mol. The number of benzene rings is 1. The van der Waals surface area contributed by atoms with Gasteiger partial charge >= 0.3 is 5.69 Å². The summed E-state index contributed by atoms with van der Waals surface area (Å²) >= 11 is 0. The van der Waals surface area contributed by atoms with E-state index >= 15 is 0 Å². The van der Waals surface area contributed by atoms with E-state index in [0.29, 0.717) is 24.5 Å². The van der Waals surface area contributed by atoms with Crippen molar-refractivity contribution in [1.82, 2.24) is 0 Å². The second-order valence-corrected chi connectivity index (χ2v) is 5.14. The normalized spacial score (nSPS) is 18.3. The number of anilines is 2. The highest BCUT2D eigenvalue weighted by atomic mass is 16.6. The van der Waals surface area contributed by atoms with Gasteiger partial charge in [-0.1, -0.05) is 13.0 Å². The summed E-state index contributed by atoms with van der Waals surface area (Å²) in [5.74, 6) is 0.210. The fourth-order valence-corrected chi connectivity index (χ4v) is 2.58. The van der Waals surface area contributed by atoms with Crippen LogP contribution in [-0.4, -0.2) is 36.3 Å². The van der Waals surface area contributed by atoms with Crippen LogP contribution >= 0.6 is 0 Å². The standard InChI is InChI=1S/C14H21N3O3/c1-2-7-15-12-4-3-5-13(14(12)17(19)20)16-8-6-11(9-16)10-18/h3-5,11,15,18H,2,6-10H2,1H3. The van der Waals surface area contributed by atoms with E-state index in [4.69, 9.17) is 0 Å². The number of nitrogens with zero attached hydrogens (tertiary/aromatic N) is 2. The fourth-order valence-electron chi connectivity index (χ4n) is 2.58. The van der Waals surface area contributed by atoms with Crippen LogP contribution in [0.2, 0.25) is 0 Å². The van der Waals surface area contributed by atoms with Gasteiger partial charge in [0, 0.05) is 32.2 Å². The topological polar surface area (TPSA) is 78.6 Å². The van der Waals surface area contributed by atoms with Crippen LogP contribution < -0.4 is 10.2 Å². The Hall–Kier alpha value is -1.82. The van der Waals surface area contributed by atoms with Gasteiger partial charge in [0.05, 0.1) is 4.92 Å². The fraction of sp³-hybridized carbons (Fsp3) is 0.571. The summed E-state index contributed by atoms with van der Waals surface area (Å²) in [5, 5.41) is 23.7. The quantitative estimate of drug-likeness (QED) is 0.616. The van der Waals surface area contributed by atoms with Gasteiger partial charge in [-0.05, 0) is 25.0 Å². The number of para-hydroxylation sites is 1. The van der Waals surface area contributed by atoms with Crippen LogP contribution in [0.4, 0.5) is 17.1 Å². The Balaban J connectivity index is 2.30. The van der Waals surface area contributed by atoms with Crippen LogP contribution in [0.25, 0.3) is 0 Å². The van der Waals surface area contributed by atoms with Gasteiger partial charge in [-0.15, -0.1) is 0 Å². The van der Waals surface area contributed by atoms with E-state index < -0.39 is 0 Å². The molecule has 1 aromatic rings. The van der Waals surface area contributed by atoms with Gasteiger partial charge in [-0.3, -0.25) is 10.1 Å². The highest BCUT2D eigenvalue weighted by molar-refractivity contribution is 5.77. The lowest BCUT2D eigenvalue weighted by Crippen LogP contribution is -2.22. The lowest BCUT2D eigenvalue weighted by molar-refractivity contribution is -0.383. The molecule has 0 saturated carbocycles. The summed E-state index contributed by atoms with van der Waals surface area (Å²) in [4.78, 5) is 13.1. The summed E-state index contributed by atoms with van der Waals surface area (Å²) in [5.41, 5.74) is 1.35. The zero-order valence-electron chi connectivity index (χ0n) is 11.7.